The van der Waals surface area contributed by atoms with Gasteiger partial charge in [0.1, 0.15) is 5.75 Å². The van der Waals surface area contributed by atoms with Crippen molar-refractivity contribution in [3.63, 3.8) is 0 Å². The van der Waals surface area contributed by atoms with Gasteiger partial charge < -0.3 is 15.7 Å². The van der Waals surface area contributed by atoms with Crippen molar-refractivity contribution in [3.05, 3.63) is 29.8 Å². The topological polar surface area (TPSA) is 44.3 Å². The first-order chi connectivity index (χ1) is 7.84. The van der Waals surface area contributed by atoms with Crippen molar-refractivity contribution in [3.8, 4) is 5.75 Å². The maximum absolute atomic E-state index is 9.18. The molecule has 2 rings (SSSR count). The highest BCUT2D eigenvalue weighted by molar-refractivity contribution is 5.25. The number of aromatic hydroxyl groups is 1. The Morgan fingerprint density at radius 1 is 1.19 bits per heavy atom. The number of nitrogens with one attached hydrogen (secondary N) is 2. The summed E-state index contributed by atoms with van der Waals surface area (Å²) in [4.78, 5) is 0. The lowest BCUT2D eigenvalue weighted by molar-refractivity contribution is 0.465. The first-order valence-electron chi connectivity index (χ1n) is 6.06. The Morgan fingerprint density at radius 2 is 2.00 bits per heavy atom. The highest BCUT2D eigenvalue weighted by Gasteiger charge is 2.10. The molecule has 1 aromatic rings. The van der Waals surface area contributed by atoms with Gasteiger partial charge in [-0.15, -0.1) is 0 Å². The minimum absolute atomic E-state index is 0.336. The van der Waals surface area contributed by atoms with E-state index < -0.39 is 0 Å². The van der Waals surface area contributed by atoms with Crippen molar-refractivity contribution in [2.45, 2.75) is 31.8 Å². The molecule has 3 nitrogen and oxygen atoms in total. The Hall–Kier alpha value is -1.06. The molecule has 0 spiro atoms. The number of phenolic OH excluding ortho intramolecular Hbond substituents is 1. The van der Waals surface area contributed by atoms with Crippen LogP contribution in [0.4, 0.5) is 0 Å². The molecule has 1 aliphatic rings. The molecule has 16 heavy (non-hydrogen) atoms. The Labute approximate surface area is 96.9 Å². The molecule has 0 saturated carbocycles. The van der Waals surface area contributed by atoms with Gasteiger partial charge in [0, 0.05) is 12.6 Å². The summed E-state index contributed by atoms with van der Waals surface area (Å²) in [7, 11) is 0. The smallest absolute Gasteiger partial charge is 0.115 e. The minimum atomic E-state index is 0.336. The van der Waals surface area contributed by atoms with Gasteiger partial charge in [0.2, 0.25) is 0 Å². The fourth-order valence-electron chi connectivity index (χ4n) is 2.10. The van der Waals surface area contributed by atoms with Gasteiger partial charge in [-0.1, -0.05) is 12.1 Å². The summed E-state index contributed by atoms with van der Waals surface area (Å²) in [6.07, 6.45) is 3.72. The molecular weight excluding hydrogens is 200 g/mol. The van der Waals surface area contributed by atoms with Crippen molar-refractivity contribution in [2.24, 2.45) is 0 Å². The lowest BCUT2D eigenvalue weighted by Crippen LogP contribution is -2.29. The Bertz CT molecular complexity index is 302. The third-order valence-corrected chi connectivity index (χ3v) is 3.11. The van der Waals surface area contributed by atoms with Crippen molar-refractivity contribution >= 4 is 0 Å². The van der Waals surface area contributed by atoms with Gasteiger partial charge in [0.25, 0.3) is 0 Å². The van der Waals surface area contributed by atoms with Crippen LogP contribution in [0.15, 0.2) is 24.3 Å². The average molecular weight is 220 g/mol. The highest BCUT2D eigenvalue weighted by atomic mass is 16.3. The Balaban J connectivity index is 1.79. The molecule has 1 unspecified atom stereocenters. The van der Waals surface area contributed by atoms with E-state index in [0.717, 1.165) is 19.6 Å². The molecule has 1 fully saturated rings. The van der Waals surface area contributed by atoms with Crippen LogP contribution in [0.3, 0.4) is 0 Å². The molecule has 3 N–H and O–H groups in total. The Morgan fingerprint density at radius 3 is 2.81 bits per heavy atom. The molecule has 1 atom stereocenters. The third-order valence-electron chi connectivity index (χ3n) is 3.11. The fourth-order valence-corrected chi connectivity index (χ4v) is 2.10. The van der Waals surface area contributed by atoms with Crippen LogP contribution in [0.1, 0.15) is 24.8 Å². The normalized spacial score (nSPS) is 21.6. The van der Waals surface area contributed by atoms with Crippen LogP contribution in [-0.4, -0.2) is 24.2 Å². The second kappa shape index (κ2) is 5.87. The summed E-state index contributed by atoms with van der Waals surface area (Å²) in [5.41, 5.74) is 1.23. The zero-order chi connectivity index (χ0) is 11.2. The fraction of sp³-hybridized carbons (Fsp3) is 0.538. The zero-order valence-electron chi connectivity index (χ0n) is 9.58. The number of phenols is 1. The van der Waals surface area contributed by atoms with E-state index in [9.17, 15) is 5.11 Å². The lowest BCUT2D eigenvalue weighted by Gasteiger charge is -2.15. The van der Waals surface area contributed by atoms with Crippen LogP contribution in [-0.2, 0) is 6.54 Å². The van der Waals surface area contributed by atoms with Crippen LogP contribution in [0, 0.1) is 0 Å². The molecule has 1 aromatic carbocycles. The molecule has 88 valence electrons. The molecule has 1 aliphatic heterocycles. The van der Waals surface area contributed by atoms with E-state index in [1.54, 1.807) is 12.1 Å². The van der Waals surface area contributed by atoms with Crippen molar-refractivity contribution in [1.82, 2.24) is 10.6 Å². The quantitative estimate of drug-likeness (QED) is 0.725. The van der Waals surface area contributed by atoms with Gasteiger partial charge in [-0.25, -0.2) is 0 Å². The van der Waals surface area contributed by atoms with E-state index in [0.29, 0.717) is 11.8 Å². The van der Waals surface area contributed by atoms with E-state index in [1.165, 1.54) is 24.8 Å². The van der Waals surface area contributed by atoms with Crippen LogP contribution in [0.2, 0.25) is 0 Å². The summed E-state index contributed by atoms with van der Waals surface area (Å²) in [6.45, 7) is 3.16. The lowest BCUT2D eigenvalue weighted by atomic mass is 10.1. The minimum Gasteiger partial charge on any atom is -0.508 e. The van der Waals surface area contributed by atoms with Gasteiger partial charge in [0.05, 0.1) is 0 Å². The highest BCUT2D eigenvalue weighted by Crippen LogP contribution is 2.11. The third kappa shape index (κ3) is 3.51. The molecule has 0 radical (unpaired) electrons. The summed E-state index contributed by atoms with van der Waals surface area (Å²) < 4.78 is 0. The van der Waals surface area contributed by atoms with Crippen LogP contribution < -0.4 is 10.6 Å². The van der Waals surface area contributed by atoms with Crippen LogP contribution in [0.5, 0.6) is 5.75 Å². The summed E-state index contributed by atoms with van der Waals surface area (Å²) in [5, 5.41) is 16.2. The van der Waals surface area contributed by atoms with Gasteiger partial charge in [-0.3, -0.25) is 0 Å². The van der Waals surface area contributed by atoms with Crippen LogP contribution >= 0.6 is 0 Å². The van der Waals surface area contributed by atoms with E-state index in [2.05, 4.69) is 10.6 Å². The van der Waals surface area contributed by atoms with E-state index >= 15 is 0 Å². The second-order valence-corrected chi connectivity index (χ2v) is 4.43. The number of hydrogen-bond donors (Lipinski definition) is 3. The predicted molar refractivity (Wildman–Crippen MR) is 65.5 cm³/mol. The standard InChI is InChI=1S/C13H20N2O/c16-13-5-3-11(4-6-13)10-15-12-2-1-8-14-9-7-12/h3-6,12,14-16H,1-2,7-10H2. The van der Waals surface area contributed by atoms with E-state index in [-0.39, 0.29) is 0 Å². The van der Waals surface area contributed by atoms with Crippen molar-refractivity contribution < 1.29 is 5.11 Å². The van der Waals surface area contributed by atoms with E-state index in [1.807, 2.05) is 12.1 Å². The maximum Gasteiger partial charge on any atom is 0.115 e. The molecule has 0 bridgehead atoms. The number of hydrogen-bond acceptors (Lipinski definition) is 3. The summed E-state index contributed by atoms with van der Waals surface area (Å²) in [5.74, 6) is 0.336. The van der Waals surface area contributed by atoms with Gasteiger partial charge in [-0.2, -0.15) is 0 Å². The van der Waals surface area contributed by atoms with Gasteiger partial charge >= 0.3 is 0 Å². The summed E-state index contributed by atoms with van der Waals surface area (Å²) in [6, 6.07) is 8.05. The van der Waals surface area contributed by atoms with Gasteiger partial charge in [-0.05, 0) is 50.0 Å². The monoisotopic (exact) mass is 220 g/mol. The average Bonchev–Trinajstić information content (AvgIpc) is 2.57. The van der Waals surface area contributed by atoms with Crippen LogP contribution in [0.25, 0.3) is 0 Å². The Kier molecular flexibility index (Phi) is 4.19. The predicted octanol–water partition coefficient (Wildman–Crippen LogP) is 1.62. The maximum atomic E-state index is 9.18. The molecule has 3 heteroatoms. The first kappa shape index (κ1) is 11.4. The van der Waals surface area contributed by atoms with Gasteiger partial charge in [0.15, 0.2) is 0 Å². The molecule has 1 heterocycles. The number of rotatable bonds is 3. The molecule has 0 aliphatic carbocycles. The zero-order valence-corrected chi connectivity index (χ0v) is 9.58. The number of benzene rings is 1. The molecule has 1 saturated heterocycles. The first-order valence-corrected chi connectivity index (χ1v) is 6.06. The van der Waals surface area contributed by atoms with Crippen molar-refractivity contribution in [2.75, 3.05) is 13.1 Å². The SMILES string of the molecule is Oc1ccc(CNC2CCCNCC2)cc1. The summed E-state index contributed by atoms with van der Waals surface area (Å²) >= 11 is 0. The molecule has 0 amide bonds. The van der Waals surface area contributed by atoms with Crippen molar-refractivity contribution in [1.29, 1.82) is 0 Å². The molecule has 0 aromatic heterocycles. The van der Waals surface area contributed by atoms with E-state index in [4.69, 9.17) is 0 Å². The largest absolute Gasteiger partial charge is 0.508 e. The second-order valence-electron chi connectivity index (χ2n) is 4.43. The molecular formula is C13H20N2O.